The lowest BCUT2D eigenvalue weighted by Crippen LogP contribution is -2.51. The van der Waals surface area contributed by atoms with Crippen molar-refractivity contribution in [1.82, 2.24) is 5.01 Å². The summed E-state index contributed by atoms with van der Waals surface area (Å²) in [5, 5.41) is 10.7. The van der Waals surface area contributed by atoms with Crippen molar-refractivity contribution in [1.29, 1.82) is 0 Å². The lowest BCUT2D eigenvalue weighted by molar-refractivity contribution is 0.0118. The first-order valence-electron chi connectivity index (χ1n) is 7.48. The molecular formula is C15H25N3. The Labute approximate surface area is 111 Å². The van der Waals surface area contributed by atoms with Crippen molar-refractivity contribution in [3.63, 3.8) is 0 Å². The zero-order valence-corrected chi connectivity index (χ0v) is 11.6. The zero-order chi connectivity index (χ0) is 12.7. The molecule has 0 aromatic carbocycles. The molecule has 3 nitrogen and oxygen atoms in total. The second-order valence-corrected chi connectivity index (χ2v) is 5.54. The van der Waals surface area contributed by atoms with Gasteiger partial charge in [-0.05, 0) is 25.7 Å². The fourth-order valence-corrected chi connectivity index (χ4v) is 2.90. The first-order chi connectivity index (χ1) is 8.87. The fourth-order valence-electron chi connectivity index (χ4n) is 2.90. The Morgan fingerprint density at radius 2 is 1.94 bits per heavy atom. The zero-order valence-electron chi connectivity index (χ0n) is 11.6. The molecule has 0 N–H and O–H groups in total. The number of hydrogen-bond acceptors (Lipinski definition) is 3. The van der Waals surface area contributed by atoms with Crippen molar-refractivity contribution < 1.29 is 0 Å². The Kier molecular flexibility index (Phi) is 5.04. The van der Waals surface area contributed by atoms with Gasteiger partial charge in [-0.1, -0.05) is 56.1 Å². The van der Waals surface area contributed by atoms with Gasteiger partial charge in [0, 0.05) is 0 Å². The third kappa shape index (κ3) is 3.25. The van der Waals surface area contributed by atoms with Crippen LogP contribution in [0.15, 0.2) is 10.3 Å². The third-order valence-electron chi connectivity index (χ3n) is 4.25. The van der Waals surface area contributed by atoms with Crippen molar-refractivity contribution in [2.24, 2.45) is 10.3 Å². The molecule has 0 saturated heterocycles. The molecule has 0 aromatic rings. The van der Waals surface area contributed by atoms with Gasteiger partial charge in [0.25, 0.3) is 0 Å². The van der Waals surface area contributed by atoms with Gasteiger partial charge in [-0.25, -0.2) is 0 Å². The molecule has 0 spiro atoms. The van der Waals surface area contributed by atoms with Crippen LogP contribution >= 0.6 is 0 Å². The average molecular weight is 247 g/mol. The van der Waals surface area contributed by atoms with Crippen LogP contribution in [0.25, 0.3) is 0 Å². The number of hydrogen-bond donors (Lipinski definition) is 0. The first kappa shape index (κ1) is 13.4. The van der Waals surface area contributed by atoms with E-state index >= 15 is 0 Å². The molecular weight excluding hydrogens is 222 g/mol. The molecule has 0 aromatic heterocycles. The minimum atomic E-state index is 0.300. The van der Waals surface area contributed by atoms with Crippen LogP contribution in [0.1, 0.15) is 64.7 Å². The van der Waals surface area contributed by atoms with E-state index in [4.69, 9.17) is 0 Å². The normalized spacial score (nSPS) is 20.8. The number of unbranched alkanes of at least 4 members (excludes halogenated alkanes) is 4. The van der Waals surface area contributed by atoms with Gasteiger partial charge in [-0.15, -0.1) is 0 Å². The van der Waals surface area contributed by atoms with Crippen molar-refractivity contribution in [2.45, 2.75) is 70.3 Å². The van der Waals surface area contributed by atoms with E-state index in [0.717, 1.165) is 6.54 Å². The second-order valence-electron chi connectivity index (χ2n) is 5.54. The van der Waals surface area contributed by atoms with Crippen molar-refractivity contribution >= 4 is 0 Å². The Bertz CT molecular complexity index is 333. The predicted octanol–water partition coefficient (Wildman–Crippen LogP) is 3.96. The quantitative estimate of drug-likeness (QED) is 0.494. The largest absolute Gasteiger partial charge is 0.261 e. The Morgan fingerprint density at radius 1 is 1.11 bits per heavy atom. The highest BCUT2D eigenvalue weighted by Gasteiger charge is 2.41. The molecule has 0 atom stereocenters. The third-order valence-corrected chi connectivity index (χ3v) is 4.25. The van der Waals surface area contributed by atoms with Crippen LogP contribution in [0, 0.1) is 11.8 Å². The minimum Gasteiger partial charge on any atom is -0.261 e. The molecule has 0 bridgehead atoms. The van der Waals surface area contributed by atoms with Gasteiger partial charge in [0.05, 0.1) is 12.1 Å². The summed E-state index contributed by atoms with van der Waals surface area (Å²) in [6.07, 6.45) is 12.0. The van der Waals surface area contributed by atoms with Crippen LogP contribution in [0.3, 0.4) is 0 Å². The highest BCUT2D eigenvalue weighted by molar-refractivity contribution is 5.07. The summed E-state index contributed by atoms with van der Waals surface area (Å²) < 4.78 is 0. The van der Waals surface area contributed by atoms with E-state index in [9.17, 15) is 0 Å². The molecule has 1 saturated carbocycles. The van der Waals surface area contributed by atoms with Crippen molar-refractivity contribution in [2.75, 3.05) is 13.1 Å². The van der Waals surface area contributed by atoms with Gasteiger partial charge in [0.2, 0.25) is 0 Å². The first-order valence-corrected chi connectivity index (χ1v) is 7.48. The van der Waals surface area contributed by atoms with E-state index in [1.54, 1.807) is 0 Å². The monoisotopic (exact) mass is 247 g/mol. The van der Waals surface area contributed by atoms with Crippen LogP contribution in [-0.2, 0) is 0 Å². The maximum Gasteiger partial charge on any atom is 0.123 e. The lowest BCUT2D eigenvalue weighted by atomic mass is 9.72. The van der Waals surface area contributed by atoms with E-state index in [2.05, 4.69) is 34.1 Å². The van der Waals surface area contributed by atoms with Gasteiger partial charge in [0.15, 0.2) is 0 Å². The van der Waals surface area contributed by atoms with Gasteiger partial charge in [-0.2, -0.15) is 5.11 Å². The summed E-state index contributed by atoms with van der Waals surface area (Å²) in [4.78, 5) is 0. The van der Waals surface area contributed by atoms with Gasteiger partial charge in [0.1, 0.15) is 6.54 Å². The van der Waals surface area contributed by atoms with Crippen LogP contribution in [0.5, 0.6) is 0 Å². The van der Waals surface area contributed by atoms with Gasteiger partial charge in [-0.3, -0.25) is 5.01 Å². The topological polar surface area (TPSA) is 28.0 Å². The van der Waals surface area contributed by atoms with Crippen LogP contribution in [0.2, 0.25) is 0 Å². The SMILES string of the molecule is CCCCCCCC1(N2CC#CCN=N2)CCC1. The molecule has 3 heteroatoms. The fraction of sp³-hybridized carbons (Fsp3) is 0.867. The summed E-state index contributed by atoms with van der Waals surface area (Å²) in [6, 6.07) is 0. The summed E-state index contributed by atoms with van der Waals surface area (Å²) in [5.41, 5.74) is 0.300. The molecule has 18 heavy (non-hydrogen) atoms. The number of rotatable bonds is 7. The molecule has 2 aliphatic rings. The van der Waals surface area contributed by atoms with E-state index < -0.39 is 0 Å². The van der Waals surface area contributed by atoms with Gasteiger partial charge >= 0.3 is 0 Å². The van der Waals surface area contributed by atoms with Crippen molar-refractivity contribution in [3.05, 3.63) is 0 Å². The van der Waals surface area contributed by atoms with Crippen LogP contribution in [0.4, 0.5) is 0 Å². The predicted molar refractivity (Wildman–Crippen MR) is 74.2 cm³/mol. The number of nitrogens with zero attached hydrogens (tertiary/aromatic N) is 3. The lowest BCUT2D eigenvalue weighted by Gasteiger charge is -2.47. The standard InChI is InChI=1S/C15H25N3/c1-2-3-4-5-6-10-15(11-9-12-15)18-14-8-7-13-16-17-18/h2-6,9-14H2,1H3. The van der Waals surface area contributed by atoms with Crippen molar-refractivity contribution in [3.8, 4) is 11.8 Å². The highest BCUT2D eigenvalue weighted by Crippen LogP contribution is 2.42. The molecule has 0 amide bonds. The van der Waals surface area contributed by atoms with Gasteiger partial charge < -0.3 is 0 Å². The van der Waals surface area contributed by atoms with Crippen LogP contribution < -0.4 is 0 Å². The maximum absolute atomic E-state index is 4.37. The van der Waals surface area contributed by atoms with E-state index in [1.807, 2.05) is 0 Å². The summed E-state index contributed by atoms with van der Waals surface area (Å²) in [7, 11) is 0. The van der Waals surface area contributed by atoms with E-state index in [-0.39, 0.29) is 0 Å². The smallest absolute Gasteiger partial charge is 0.123 e. The summed E-state index contributed by atoms with van der Waals surface area (Å²) >= 11 is 0. The van der Waals surface area contributed by atoms with E-state index in [1.165, 1.54) is 57.8 Å². The van der Waals surface area contributed by atoms with E-state index in [0.29, 0.717) is 12.1 Å². The highest BCUT2D eigenvalue weighted by atomic mass is 15.6. The summed E-state index contributed by atoms with van der Waals surface area (Å²) in [5.74, 6) is 6.20. The average Bonchev–Trinajstić information content (AvgIpc) is 2.61. The molecule has 100 valence electrons. The Morgan fingerprint density at radius 3 is 2.67 bits per heavy atom. The molecule has 1 aliphatic heterocycles. The second kappa shape index (κ2) is 6.78. The molecule has 0 radical (unpaired) electrons. The molecule has 0 unspecified atom stereocenters. The Balaban J connectivity index is 1.80. The Hall–Kier alpha value is -1.04. The maximum atomic E-state index is 4.37. The molecule has 2 rings (SSSR count). The minimum absolute atomic E-state index is 0.300. The molecule has 1 fully saturated rings. The molecule has 1 heterocycles. The van der Waals surface area contributed by atoms with Crippen LogP contribution in [-0.4, -0.2) is 23.6 Å². The molecule has 1 aliphatic carbocycles. The summed E-state index contributed by atoms with van der Waals surface area (Å²) in [6.45, 7) is 3.62.